The van der Waals surface area contributed by atoms with Gasteiger partial charge in [-0.25, -0.2) is 0 Å². The first kappa shape index (κ1) is 11.6. The van der Waals surface area contributed by atoms with Gasteiger partial charge in [0, 0.05) is 9.75 Å². The molecule has 2 nitrogen and oxygen atoms in total. The predicted octanol–water partition coefficient (Wildman–Crippen LogP) is 2.98. The Hall–Kier alpha value is -0.830. The van der Waals surface area contributed by atoms with Crippen molar-refractivity contribution in [1.82, 2.24) is 0 Å². The highest BCUT2D eigenvalue weighted by atomic mass is 32.1. The van der Waals surface area contributed by atoms with Crippen LogP contribution in [0.2, 0.25) is 0 Å². The zero-order valence-electron chi connectivity index (χ0n) is 9.91. The summed E-state index contributed by atoms with van der Waals surface area (Å²) in [7, 11) is 1.46. The first-order valence-electron chi connectivity index (χ1n) is 5.89. The van der Waals surface area contributed by atoms with Crippen molar-refractivity contribution < 1.29 is 9.53 Å². The zero-order valence-corrected chi connectivity index (χ0v) is 10.7. The van der Waals surface area contributed by atoms with E-state index in [4.69, 9.17) is 4.74 Å². The summed E-state index contributed by atoms with van der Waals surface area (Å²) >= 11 is 1.88. The average Bonchev–Trinajstić information content (AvgIpc) is 2.69. The molecule has 0 fully saturated rings. The van der Waals surface area contributed by atoms with Crippen molar-refractivity contribution in [1.29, 1.82) is 0 Å². The second-order valence-corrected chi connectivity index (χ2v) is 5.72. The van der Waals surface area contributed by atoms with Crippen LogP contribution in [0.25, 0.3) is 0 Å². The Bertz CT molecular complexity index is 358. The number of hydrogen-bond acceptors (Lipinski definition) is 3. The first-order valence-corrected chi connectivity index (χ1v) is 6.70. The molecule has 0 aliphatic heterocycles. The van der Waals surface area contributed by atoms with Gasteiger partial charge in [0.25, 0.3) is 0 Å². The second-order valence-electron chi connectivity index (χ2n) is 4.50. The number of fused-ring (bicyclic) bond motifs is 1. The third kappa shape index (κ3) is 2.46. The molecule has 0 N–H and O–H groups in total. The van der Waals surface area contributed by atoms with E-state index in [-0.39, 0.29) is 11.9 Å². The van der Waals surface area contributed by atoms with Crippen molar-refractivity contribution in [2.45, 2.75) is 39.0 Å². The second kappa shape index (κ2) is 5.00. The van der Waals surface area contributed by atoms with Crippen molar-refractivity contribution >= 4 is 17.3 Å². The average molecular weight is 238 g/mol. The molecule has 0 spiro atoms. The highest BCUT2D eigenvalue weighted by Crippen LogP contribution is 2.30. The number of hydrogen-bond donors (Lipinski definition) is 0. The molecular weight excluding hydrogens is 220 g/mol. The molecule has 1 aromatic heterocycles. The molecule has 1 aromatic rings. The lowest BCUT2D eigenvalue weighted by atomic mass is 9.98. The van der Waals surface area contributed by atoms with Gasteiger partial charge in [-0.2, -0.15) is 0 Å². The Morgan fingerprint density at radius 2 is 2.25 bits per heavy atom. The molecule has 3 heteroatoms. The molecule has 0 bridgehead atoms. The van der Waals surface area contributed by atoms with E-state index in [0.717, 1.165) is 6.42 Å². The van der Waals surface area contributed by atoms with Crippen LogP contribution in [0.5, 0.6) is 0 Å². The van der Waals surface area contributed by atoms with E-state index >= 15 is 0 Å². The van der Waals surface area contributed by atoms with Gasteiger partial charge in [0.15, 0.2) is 0 Å². The Balaban J connectivity index is 2.04. The first-order chi connectivity index (χ1) is 7.70. The summed E-state index contributed by atoms with van der Waals surface area (Å²) in [5.74, 6) is -0.128. The Morgan fingerprint density at radius 3 is 2.94 bits per heavy atom. The number of esters is 1. The molecule has 1 heterocycles. The van der Waals surface area contributed by atoms with Crippen molar-refractivity contribution in [3.8, 4) is 0 Å². The van der Waals surface area contributed by atoms with Crippen LogP contribution >= 0.6 is 11.3 Å². The van der Waals surface area contributed by atoms with E-state index in [1.165, 1.54) is 43.2 Å². The molecule has 1 aliphatic rings. The maximum atomic E-state index is 11.3. The van der Waals surface area contributed by atoms with Crippen LogP contribution < -0.4 is 0 Å². The summed E-state index contributed by atoms with van der Waals surface area (Å²) < 4.78 is 4.75. The number of methoxy groups -OCH3 is 1. The van der Waals surface area contributed by atoms with Crippen molar-refractivity contribution in [3.63, 3.8) is 0 Å². The summed E-state index contributed by atoms with van der Waals surface area (Å²) in [5.41, 5.74) is 1.52. The van der Waals surface area contributed by atoms with Crippen molar-refractivity contribution in [2.24, 2.45) is 5.92 Å². The monoisotopic (exact) mass is 238 g/mol. The summed E-state index contributed by atoms with van der Waals surface area (Å²) in [6.45, 7) is 1.94. The largest absolute Gasteiger partial charge is 0.469 e. The molecular formula is C13H18O2S. The molecule has 1 atom stereocenters. The maximum absolute atomic E-state index is 11.3. The van der Waals surface area contributed by atoms with Crippen molar-refractivity contribution in [3.05, 3.63) is 21.4 Å². The molecule has 0 radical (unpaired) electrons. The van der Waals surface area contributed by atoms with E-state index in [9.17, 15) is 4.79 Å². The van der Waals surface area contributed by atoms with Gasteiger partial charge in [0.1, 0.15) is 0 Å². The van der Waals surface area contributed by atoms with Crippen molar-refractivity contribution in [2.75, 3.05) is 7.11 Å². The molecule has 0 amide bonds. The zero-order chi connectivity index (χ0) is 11.5. The minimum absolute atomic E-state index is 0.0231. The highest BCUT2D eigenvalue weighted by Gasteiger charge is 2.18. The van der Waals surface area contributed by atoms with Gasteiger partial charge in [-0.15, -0.1) is 11.3 Å². The van der Waals surface area contributed by atoms with Gasteiger partial charge in [0.2, 0.25) is 0 Å². The molecule has 88 valence electrons. The fourth-order valence-corrected chi connectivity index (χ4v) is 3.63. The van der Waals surface area contributed by atoms with Gasteiger partial charge in [0.05, 0.1) is 13.0 Å². The SMILES string of the molecule is COC(=O)C(C)Cc1cc2c(s1)CCCC2. The number of carbonyl (C=O) groups excluding carboxylic acids is 1. The topological polar surface area (TPSA) is 26.3 Å². The highest BCUT2D eigenvalue weighted by molar-refractivity contribution is 7.12. The number of aryl methyl sites for hydroxylation is 2. The van der Waals surface area contributed by atoms with Gasteiger partial charge in [-0.1, -0.05) is 6.92 Å². The van der Waals surface area contributed by atoms with Crippen LogP contribution in [0.1, 0.15) is 35.1 Å². The van der Waals surface area contributed by atoms with Gasteiger partial charge in [-0.05, 0) is 43.7 Å². The van der Waals surface area contributed by atoms with Gasteiger partial charge in [-0.3, -0.25) is 4.79 Å². The summed E-state index contributed by atoms with van der Waals surface area (Å²) in [6, 6.07) is 2.29. The summed E-state index contributed by atoms with van der Waals surface area (Å²) in [5, 5.41) is 0. The fourth-order valence-electron chi connectivity index (χ4n) is 2.24. The Labute approximate surface area is 101 Å². The lowest BCUT2D eigenvalue weighted by molar-refractivity contribution is -0.144. The van der Waals surface area contributed by atoms with Crippen LogP contribution in [0, 0.1) is 5.92 Å². The number of rotatable bonds is 3. The van der Waals surface area contributed by atoms with E-state index in [1.54, 1.807) is 4.88 Å². The minimum atomic E-state index is -0.105. The number of carbonyl (C=O) groups is 1. The third-order valence-electron chi connectivity index (χ3n) is 3.16. The predicted molar refractivity (Wildman–Crippen MR) is 65.8 cm³/mol. The van der Waals surface area contributed by atoms with Crippen LogP contribution in [0.4, 0.5) is 0 Å². The number of thiophene rings is 1. The number of ether oxygens (including phenoxy) is 1. The Morgan fingerprint density at radius 1 is 1.50 bits per heavy atom. The van der Waals surface area contributed by atoms with E-state index in [1.807, 2.05) is 18.3 Å². The summed E-state index contributed by atoms with van der Waals surface area (Å²) in [4.78, 5) is 14.2. The molecule has 1 aliphatic carbocycles. The molecule has 2 rings (SSSR count). The molecule has 1 unspecified atom stereocenters. The van der Waals surface area contributed by atoms with E-state index < -0.39 is 0 Å². The standard InChI is InChI=1S/C13H18O2S/c1-9(13(14)15-2)7-11-8-10-5-3-4-6-12(10)16-11/h8-9H,3-7H2,1-2H3. The van der Waals surface area contributed by atoms with Crippen LogP contribution in [0.3, 0.4) is 0 Å². The van der Waals surface area contributed by atoms with Crippen LogP contribution in [-0.4, -0.2) is 13.1 Å². The van der Waals surface area contributed by atoms with E-state index in [2.05, 4.69) is 6.07 Å². The smallest absolute Gasteiger partial charge is 0.308 e. The molecule has 0 saturated heterocycles. The maximum Gasteiger partial charge on any atom is 0.308 e. The minimum Gasteiger partial charge on any atom is -0.469 e. The normalized spacial score (nSPS) is 16.6. The van der Waals surface area contributed by atoms with Crippen LogP contribution in [-0.2, 0) is 28.8 Å². The Kier molecular flexibility index (Phi) is 3.64. The van der Waals surface area contributed by atoms with E-state index in [0.29, 0.717) is 0 Å². The summed E-state index contributed by atoms with van der Waals surface area (Å²) in [6.07, 6.45) is 5.91. The quantitative estimate of drug-likeness (QED) is 0.757. The van der Waals surface area contributed by atoms with Crippen LogP contribution in [0.15, 0.2) is 6.07 Å². The molecule has 0 saturated carbocycles. The molecule has 0 aromatic carbocycles. The third-order valence-corrected chi connectivity index (χ3v) is 4.42. The lowest BCUT2D eigenvalue weighted by Crippen LogP contribution is -2.14. The van der Waals surface area contributed by atoms with Gasteiger partial charge < -0.3 is 4.74 Å². The fraction of sp³-hybridized carbons (Fsp3) is 0.615. The van der Waals surface area contributed by atoms with Gasteiger partial charge >= 0.3 is 5.97 Å². The lowest BCUT2D eigenvalue weighted by Gasteiger charge is -2.08. The molecule has 16 heavy (non-hydrogen) atoms.